The standard InChI is InChI=1S/C18H18N4O4/c1-2-25-17(24)14-13(12-6-5-9-26-12)11(10-19)16(23)22-15(14)20-18(21-22)7-3-4-8-18/h5-6,9,20-21H,2-4,7-8H2,1H3. The minimum atomic E-state index is -0.608. The van der Waals surface area contributed by atoms with Crippen LogP contribution in [0.5, 0.6) is 0 Å². The predicted molar refractivity (Wildman–Crippen MR) is 93.3 cm³/mol. The van der Waals surface area contributed by atoms with Crippen molar-refractivity contribution in [3.8, 4) is 17.4 Å². The molecular weight excluding hydrogens is 336 g/mol. The van der Waals surface area contributed by atoms with Gasteiger partial charge in [-0.05, 0) is 44.7 Å². The van der Waals surface area contributed by atoms with Gasteiger partial charge in [0.2, 0.25) is 0 Å². The van der Waals surface area contributed by atoms with Crippen molar-refractivity contribution in [3.05, 3.63) is 39.9 Å². The zero-order valence-corrected chi connectivity index (χ0v) is 14.3. The Hall–Kier alpha value is -3.21. The van der Waals surface area contributed by atoms with Gasteiger partial charge in [0.25, 0.3) is 5.56 Å². The van der Waals surface area contributed by atoms with Crippen molar-refractivity contribution in [2.75, 3.05) is 17.3 Å². The monoisotopic (exact) mass is 354 g/mol. The fourth-order valence-corrected chi connectivity index (χ4v) is 3.76. The summed E-state index contributed by atoms with van der Waals surface area (Å²) < 4.78 is 11.9. The highest BCUT2D eigenvalue weighted by atomic mass is 16.5. The second-order valence-corrected chi connectivity index (χ2v) is 6.45. The molecule has 1 aliphatic carbocycles. The number of nitrogens with one attached hydrogen (secondary N) is 2. The highest BCUT2D eigenvalue weighted by Gasteiger charge is 2.43. The third-order valence-electron chi connectivity index (χ3n) is 4.88. The number of fused-ring (bicyclic) bond motifs is 1. The van der Waals surface area contributed by atoms with Crippen LogP contribution in [0.4, 0.5) is 5.82 Å². The van der Waals surface area contributed by atoms with Crippen LogP contribution in [0.15, 0.2) is 27.6 Å². The lowest BCUT2D eigenvalue weighted by Crippen LogP contribution is -2.42. The number of furan rings is 1. The molecule has 1 aliphatic heterocycles. The predicted octanol–water partition coefficient (Wildman–Crippen LogP) is 2.40. The number of nitrogens with zero attached hydrogens (tertiary/aromatic N) is 2. The van der Waals surface area contributed by atoms with Gasteiger partial charge in [-0.15, -0.1) is 0 Å². The minimum absolute atomic E-state index is 0.134. The maximum absolute atomic E-state index is 12.9. The molecule has 4 rings (SSSR count). The number of rotatable bonds is 3. The first-order valence-corrected chi connectivity index (χ1v) is 8.60. The van der Waals surface area contributed by atoms with Gasteiger partial charge in [0.05, 0.1) is 18.4 Å². The highest BCUT2D eigenvalue weighted by molar-refractivity contribution is 6.03. The molecule has 0 bridgehead atoms. The summed E-state index contributed by atoms with van der Waals surface area (Å²) in [7, 11) is 0. The van der Waals surface area contributed by atoms with E-state index in [9.17, 15) is 14.9 Å². The molecule has 0 amide bonds. The first-order chi connectivity index (χ1) is 12.6. The summed E-state index contributed by atoms with van der Waals surface area (Å²) >= 11 is 0. The largest absolute Gasteiger partial charge is 0.464 e. The number of hydrogen-bond acceptors (Lipinski definition) is 7. The summed E-state index contributed by atoms with van der Waals surface area (Å²) in [5, 5.41) is 12.9. The number of nitriles is 1. The van der Waals surface area contributed by atoms with Crippen LogP contribution >= 0.6 is 0 Å². The summed E-state index contributed by atoms with van der Waals surface area (Å²) in [6, 6.07) is 5.18. The van der Waals surface area contributed by atoms with E-state index in [1.165, 1.54) is 10.9 Å². The Morgan fingerprint density at radius 3 is 2.85 bits per heavy atom. The zero-order valence-electron chi connectivity index (χ0n) is 14.3. The van der Waals surface area contributed by atoms with Gasteiger partial charge in [0.1, 0.15) is 34.4 Å². The molecule has 2 aromatic heterocycles. The third kappa shape index (κ3) is 2.28. The first kappa shape index (κ1) is 16.3. The van der Waals surface area contributed by atoms with E-state index in [0.717, 1.165) is 25.7 Å². The van der Waals surface area contributed by atoms with E-state index in [-0.39, 0.29) is 29.1 Å². The molecule has 0 aromatic carbocycles. The number of pyridine rings is 1. The first-order valence-electron chi connectivity index (χ1n) is 8.60. The molecular formula is C18H18N4O4. The molecule has 2 aliphatic rings. The Bertz CT molecular complexity index is 963. The van der Waals surface area contributed by atoms with E-state index in [1.807, 2.05) is 6.07 Å². The van der Waals surface area contributed by atoms with Gasteiger partial charge in [0, 0.05) is 0 Å². The van der Waals surface area contributed by atoms with E-state index in [2.05, 4.69) is 10.7 Å². The lowest BCUT2D eigenvalue weighted by atomic mass is 10.0. The molecule has 8 nitrogen and oxygen atoms in total. The van der Waals surface area contributed by atoms with Gasteiger partial charge < -0.3 is 14.5 Å². The van der Waals surface area contributed by atoms with Gasteiger partial charge in [-0.3, -0.25) is 10.2 Å². The Morgan fingerprint density at radius 2 is 2.23 bits per heavy atom. The SMILES string of the molecule is CCOC(=O)c1c(-c2ccco2)c(C#N)c(=O)n2c1NC1(CCCC1)N2. The number of esters is 1. The van der Waals surface area contributed by atoms with E-state index >= 15 is 0 Å². The van der Waals surface area contributed by atoms with E-state index < -0.39 is 17.2 Å². The van der Waals surface area contributed by atoms with Crippen molar-refractivity contribution in [1.82, 2.24) is 4.68 Å². The van der Waals surface area contributed by atoms with Gasteiger partial charge in [-0.2, -0.15) is 5.26 Å². The maximum Gasteiger partial charge on any atom is 0.342 e. The van der Waals surface area contributed by atoms with E-state index in [1.54, 1.807) is 19.1 Å². The fraction of sp³-hybridized carbons (Fsp3) is 0.389. The topological polar surface area (TPSA) is 109 Å². The molecule has 0 unspecified atom stereocenters. The lowest BCUT2D eigenvalue weighted by molar-refractivity contribution is 0.0527. The summed E-state index contributed by atoms with van der Waals surface area (Å²) in [5.74, 6) is -0.0106. The average Bonchev–Trinajstić information content (AvgIpc) is 3.36. The molecule has 8 heteroatoms. The second-order valence-electron chi connectivity index (χ2n) is 6.45. The number of hydrogen-bond donors (Lipinski definition) is 2. The Kier molecular flexibility index (Phi) is 3.72. The molecule has 1 saturated carbocycles. The summed E-state index contributed by atoms with van der Waals surface area (Å²) in [6.07, 6.45) is 5.07. The fourth-order valence-electron chi connectivity index (χ4n) is 3.76. The Balaban J connectivity index is 2.02. The molecule has 3 heterocycles. The van der Waals surface area contributed by atoms with Gasteiger partial charge in [-0.1, -0.05) is 0 Å². The number of anilines is 1. The molecule has 2 N–H and O–H groups in total. The molecule has 0 atom stereocenters. The molecule has 1 spiro atoms. The molecule has 1 fully saturated rings. The smallest absolute Gasteiger partial charge is 0.342 e. The molecule has 26 heavy (non-hydrogen) atoms. The van der Waals surface area contributed by atoms with Gasteiger partial charge >= 0.3 is 5.97 Å². The van der Waals surface area contributed by atoms with Crippen LogP contribution in [0.25, 0.3) is 11.3 Å². The third-order valence-corrected chi connectivity index (χ3v) is 4.88. The van der Waals surface area contributed by atoms with Crippen LogP contribution in [0, 0.1) is 11.3 Å². The number of ether oxygens (including phenoxy) is 1. The molecule has 2 aromatic rings. The quantitative estimate of drug-likeness (QED) is 0.815. The number of carbonyl (C=O) groups excluding carboxylic acids is 1. The Labute approximate surface area is 149 Å². The minimum Gasteiger partial charge on any atom is -0.464 e. The van der Waals surface area contributed by atoms with Crippen LogP contribution in [0.1, 0.15) is 48.5 Å². The van der Waals surface area contributed by atoms with Crippen molar-refractivity contribution < 1.29 is 13.9 Å². The molecule has 0 saturated heterocycles. The number of aromatic nitrogens is 1. The normalized spacial score (nSPS) is 16.6. The lowest BCUT2D eigenvalue weighted by Gasteiger charge is -2.23. The second kappa shape index (κ2) is 5.95. The van der Waals surface area contributed by atoms with E-state index in [0.29, 0.717) is 5.82 Å². The van der Waals surface area contributed by atoms with Crippen molar-refractivity contribution in [2.45, 2.75) is 38.3 Å². The van der Waals surface area contributed by atoms with Crippen LogP contribution in [0.3, 0.4) is 0 Å². The summed E-state index contributed by atoms with van der Waals surface area (Å²) in [5.41, 5.74) is 2.31. The van der Waals surface area contributed by atoms with Crippen molar-refractivity contribution in [1.29, 1.82) is 5.26 Å². The van der Waals surface area contributed by atoms with Gasteiger partial charge in [-0.25, -0.2) is 9.47 Å². The van der Waals surface area contributed by atoms with Crippen molar-refractivity contribution in [2.24, 2.45) is 0 Å². The van der Waals surface area contributed by atoms with Crippen LogP contribution in [-0.2, 0) is 4.74 Å². The molecule has 134 valence electrons. The van der Waals surface area contributed by atoms with Crippen molar-refractivity contribution in [3.63, 3.8) is 0 Å². The van der Waals surface area contributed by atoms with Crippen LogP contribution in [-0.4, -0.2) is 22.9 Å². The van der Waals surface area contributed by atoms with E-state index in [4.69, 9.17) is 9.15 Å². The summed E-state index contributed by atoms with van der Waals surface area (Å²) in [4.78, 5) is 25.7. The summed E-state index contributed by atoms with van der Waals surface area (Å²) in [6.45, 7) is 1.88. The van der Waals surface area contributed by atoms with Gasteiger partial charge in [0.15, 0.2) is 0 Å². The average molecular weight is 354 g/mol. The van der Waals surface area contributed by atoms with Crippen LogP contribution < -0.4 is 16.3 Å². The van der Waals surface area contributed by atoms with Crippen molar-refractivity contribution >= 4 is 11.8 Å². The highest BCUT2D eigenvalue weighted by Crippen LogP contribution is 2.40. The van der Waals surface area contributed by atoms with Crippen LogP contribution in [0.2, 0.25) is 0 Å². The zero-order chi connectivity index (χ0) is 18.3. The number of carbonyl (C=O) groups is 1. The Morgan fingerprint density at radius 1 is 1.46 bits per heavy atom. The molecule has 0 radical (unpaired) electrons. The maximum atomic E-state index is 12.9.